The molecule has 0 spiro atoms. The number of hydrogen-bond acceptors (Lipinski definition) is 2. The Hall–Kier alpha value is -1.06. The van der Waals surface area contributed by atoms with Crippen LogP contribution in [-0.2, 0) is 4.79 Å². The molecule has 2 rings (SSSR count). The molecule has 0 aliphatic heterocycles. The van der Waals surface area contributed by atoms with Crippen molar-refractivity contribution in [3.8, 4) is 0 Å². The molecule has 0 heterocycles. The van der Waals surface area contributed by atoms with Crippen LogP contribution < -0.4 is 5.32 Å². The molecule has 1 fully saturated rings. The van der Waals surface area contributed by atoms with E-state index in [0.717, 1.165) is 5.56 Å². The Bertz CT molecular complexity index is 428. The average molecular weight is 282 g/mol. The highest BCUT2D eigenvalue weighted by Crippen LogP contribution is 2.29. The van der Waals surface area contributed by atoms with E-state index >= 15 is 0 Å². The summed E-state index contributed by atoms with van der Waals surface area (Å²) in [6.45, 7) is 2.04. The highest BCUT2D eigenvalue weighted by molar-refractivity contribution is 6.30. The average Bonchev–Trinajstić information content (AvgIpc) is 2.26. The van der Waals surface area contributed by atoms with E-state index in [4.69, 9.17) is 11.6 Å². The number of aliphatic hydroxyl groups excluding tert-OH is 1. The van der Waals surface area contributed by atoms with Crippen molar-refractivity contribution >= 4 is 17.5 Å². The standard InChI is InChI=1S/C15H20ClNO2/c1-10(11-3-2-4-11)17-15(19)9-14(18)12-5-7-13(16)8-6-12/h5-8,10-11,14,18H,2-4,9H2,1H3,(H,17,19). The van der Waals surface area contributed by atoms with E-state index in [2.05, 4.69) is 5.32 Å². The molecule has 1 aliphatic rings. The van der Waals surface area contributed by atoms with Crippen LogP contribution in [0.15, 0.2) is 24.3 Å². The Balaban J connectivity index is 1.82. The van der Waals surface area contributed by atoms with Gasteiger partial charge in [-0.3, -0.25) is 4.79 Å². The smallest absolute Gasteiger partial charge is 0.223 e. The largest absolute Gasteiger partial charge is 0.388 e. The lowest BCUT2D eigenvalue weighted by Crippen LogP contribution is -2.41. The number of carbonyl (C=O) groups excluding carboxylic acids is 1. The minimum absolute atomic E-state index is 0.0955. The maximum absolute atomic E-state index is 11.9. The molecule has 0 aromatic heterocycles. The van der Waals surface area contributed by atoms with Gasteiger partial charge in [0.1, 0.15) is 0 Å². The van der Waals surface area contributed by atoms with Gasteiger partial charge in [-0.15, -0.1) is 0 Å². The van der Waals surface area contributed by atoms with Crippen molar-refractivity contribution < 1.29 is 9.90 Å². The number of rotatable bonds is 5. The van der Waals surface area contributed by atoms with Crippen LogP contribution in [0.25, 0.3) is 0 Å². The van der Waals surface area contributed by atoms with E-state index in [9.17, 15) is 9.90 Å². The SMILES string of the molecule is CC(NC(=O)CC(O)c1ccc(Cl)cc1)C1CCC1. The van der Waals surface area contributed by atoms with Crippen LogP contribution >= 0.6 is 11.6 Å². The summed E-state index contributed by atoms with van der Waals surface area (Å²) in [5.74, 6) is 0.512. The zero-order chi connectivity index (χ0) is 13.8. The Morgan fingerprint density at radius 1 is 1.42 bits per heavy atom. The van der Waals surface area contributed by atoms with Gasteiger partial charge in [-0.1, -0.05) is 30.2 Å². The monoisotopic (exact) mass is 281 g/mol. The van der Waals surface area contributed by atoms with Crippen LogP contribution in [0.4, 0.5) is 0 Å². The number of halogens is 1. The molecule has 2 N–H and O–H groups in total. The summed E-state index contributed by atoms with van der Waals surface area (Å²) >= 11 is 5.79. The summed E-state index contributed by atoms with van der Waals surface area (Å²) in [7, 11) is 0. The first kappa shape index (κ1) is 14.4. The molecule has 2 unspecified atom stereocenters. The van der Waals surface area contributed by atoms with Gasteiger partial charge in [0, 0.05) is 11.1 Å². The van der Waals surface area contributed by atoms with Gasteiger partial charge in [0.2, 0.25) is 5.91 Å². The first-order valence-electron chi connectivity index (χ1n) is 6.79. The predicted octanol–water partition coefficient (Wildman–Crippen LogP) is 3.07. The summed E-state index contributed by atoms with van der Waals surface area (Å²) in [4.78, 5) is 11.9. The third-order valence-corrected chi connectivity index (χ3v) is 4.13. The molecule has 1 aliphatic carbocycles. The van der Waals surface area contributed by atoms with Crippen LogP contribution in [0.2, 0.25) is 5.02 Å². The lowest BCUT2D eigenvalue weighted by Gasteiger charge is -2.32. The van der Waals surface area contributed by atoms with E-state index in [1.54, 1.807) is 24.3 Å². The number of hydrogen-bond donors (Lipinski definition) is 2. The topological polar surface area (TPSA) is 49.3 Å². The molecular weight excluding hydrogens is 262 g/mol. The van der Waals surface area contributed by atoms with E-state index in [1.165, 1.54) is 19.3 Å². The Morgan fingerprint density at radius 3 is 2.58 bits per heavy atom. The van der Waals surface area contributed by atoms with Gasteiger partial charge in [-0.2, -0.15) is 0 Å². The first-order chi connectivity index (χ1) is 9.06. The maximum Gasteiger partial charge on any atom is 0.223 e. The van der Waals surface area contributed by atoms with Crippen molar-refractivity contribution in [1.82, 2.24) is 5.32 Å². The minimum Gasteiger partial charge on any atom is -0.388 e. The van der Waals surface area contributed by atoms with E-state index in [1.807, 2.05) is 6.92 Å². The molecule has 1 amide bonds. The molecule has 4 heteroatoms. The summed E-state index contributed by atoms with van der Waals surface area (Å²) in [6.07, 6.45) is 2.98. The lowest BCUT2D eigenvalue weighted by molar-refractivity contribution is -0.124. The Morgan fingerprint density at radius 2 is 2.05 bits per heavy atom. The fourth-order valence-corrected chi connectivity index (χ4v) is 2.47. The second kappa shape index (κ2) is 6.40. The summed E-state index contributed by atoms with van der Waals surface area (Å²) in [6, 6.07) is 7.13. The Labute approximate surface area is 119 Å². The number of carbonyl (C=O) groups is 1. The quantitative estimate of drug-likeness (QED) is 0.871. The zero-order valence-electron chi connectivity index (χ0n) is 11.1. The molecule has 1 aromatic rings. The minimum atomic E-state index is -0.772. The van der Waals surface area contributed by atoms with Crippen LogP contribution in [0.1, 0.15) is 44.3 Å². The fraction of sp³-hybridized carbons (Fsp3) is 0.533. The van der Waals surface area contributed by atoms with Gasteiger partial charge in [0.05, 0.1) is 12.5 Å². The number of nitrogens with one attached hydrogen (secondary N) is 1. The third kappa shape index (κ3) is 3.95. The highest BCUT2D eigenvalue weighted by atomic mass is 35.5. The molecule has 0 radical (unpaired) electrons. The lowest BCUT2D eigenvalue weighted by atomic mass is 9.80. The molecular formula is C15H20ClNO2. The van der Waals surface area contributed by atoms with Crippen molar-refractivity contribution in [3.05, 3.63) is 34.9 Å². The van der Waals surface area contributed by atoms with Crippen LogP contribution in [0, 0.1) is 5.92 Å². The van der Waals surface area contributed by atoms with Crippen LogP contribution in [-0.4, -0.2) is 17.1 Å². The van der Waals surface area contributed by atoms with Crippen molar-refractivity contribution in [2.24, 2.45) is 5.92 Å². The van der Waals surface area contributed by atoms with Crippen molar-refractivity contribution in [1.29, 1.82) is 0 Å². The molecule has 0 saturated heterocycles. The van der Waals surface area contributed by atoms with Crippen molar-refractivity contribution in [2.75, 3.05) is 0 Å². The van der Waals surface area contributed by atoms with Crippen molar-refractivity contribution in [2.45, 2.75) is 44.8 Å². The second-order valence-electron chi connectivity index (χ2n) is 5.32. The molecule has 1 saturated carbocycles. The molecule has 0 bridgehead atoms. The van der Waals surface area contributed by atoms with Gasteiger partial charge in [0.25, 0.3) is 0 Å². The maximum atomic E-state index is 11.9. The third-order valence-electron chi connectivity index (χ3n) is 3.88. The van der Waals surface area contributed by atoms with Gasteiger partial charge in [-0.25, -0.2) is 0 Å². The molecule has 3 nitrogen and oxygen atoms in total. The number of amides is 1. The number of aliphatic hydroxyl groups is 1. The van der Waals surface area contributed by atoms with Gasteiger partial charge in [0.15, 0.2) is 0 Å². The second-order valence-corrected chi connectivity index (χ2v) is 5.76. The summed E-state index contributed by atoms with van der Waals surface area (Å²) in [5.41, 5.74) is 0.718. The van der Waals surface area contributed by atoms with Gasteiger partial charge in [-0.05, 0) is 43.4 Å². The number of benzene rings is 1. The molecule has 1 aromatic carbocycles. The predicted molar refractivity (Wildman–Crippen MR) is 76.0 cm³/mol. The molecule has 19 heavy (non-hydrogen) atoms. The Kier molecular flexibility index (Phi) is 4.83. The normalized spacial score (nSPS) is 18.5. The molecule has 2 atom stereocenters. The van der Waals surface area contributed by atoms with E-state index < -0.39 is 6.10 Å². The van der Waals surface area contributed by atoms with Crippen LogP contribution in [0.3, 0.4) is 0 Å². The summed E-state index contributed by atoms with van der Waals surface area (Å²) in [5, 5.41) is 13.6. The highest BCUT2D eigenvalue weighted by Gasteiger charge is 2.25. The van der Waals surface area contributed by atoms with E-state index in [0.29, 0.717) is 10.9 Å². The zero-order valence-corrected chi connectivity index (χ0v) is 11.9. The molecule has 104 valence electrons. The van der Waals surface area contributed by atoms with Crippen molar-refractivity contribution in [3.63, 3.8) is 0 Å². The van der Waals surface area contributed by atoms with E-state index in [-0.39, 0.29) is 18.4 Å². The fourth-order valence-electron chi connectivity index (χ4n) is 2.35. The van der Waals surface area contributed by atoms with Gasteiger partial charge >= 0.3 is 0 Å². The van der Waals surface area contributed by atoms with Crippen LogP contribution in [0.5, 0.6) is 0 Å². The first-order valence-corrected chi connectivity index (χ1v) is 7.17. The van der Waals surface area contributed by atoms with Gasteiger partial charge < -0.3 is 10.4 Å². The summed E-state index contributed by atoms with van der Waals surface area (Å²) < 4.78 is 0.